The second-order valence-electron chi connectivity index (χ2n) is 6.97. The van der Waals surface area contributed by atoms with Gasteiger partial charge in [-0.2, -0.15) is 13.2 Å². The van der Waals surface area contributed by atoms with Crippen molar-refractivity contribution >= 4 is 11.8 Å². The molecule has 0 amide bonds. The maximum Gasteiger partial charge on any atom is 0.416 e. The van der Waals surface area contributed by atoms with Gasteiger partial charge in [0.15, 0.2) is 17.1 Å². The molecule has 1 atom stereocenters. The normalized spacial score (nSPS) is 12.8. The van der Waals surface area contributed by atoms with E-state index >= 15 is 0 Å². The molecule has 0 aliphatic rings. The van der Waals surface area contributed by atoms with Gasteiger partial charge in [-0.15, -0.1) is 10.2 Å². The molecule has 29 heavy (non-hydrogen) atoms. The second kappa shape index (κ2) is 8.49. The molecule has 0 N–H and O–H groups in total. The van der Waals surface area contributed by atoms with Crippen molar-refractivity contribution in [2.45, 2.75) is 44.0 Å². The molecule has 3 aromatic rings. The Kier molecular flexibility index (Phi) is 6.21. The summed E-state index contributed by atoms with van der Waals surface area (Å²) in [5.74, 6) is 1.77. The molecule has 1 aromatic heterocycles. The number of hydrogen-bond donors (Lipinski definition) is 0. The van der Waals surface area contributed by atoms with Gasteiger partial charge in [0.1, 0.15) is 5.75 Å². The van der Waals surface area contributed by atoms with Gasteiger partial charge >= 0.3 is 6.18 Å². The van der Waals surface area contributed by atoms with Gasteiger partial charge in [0.2, 0.25) is 0 Å². The summed E-state index contributed by atoms with van der Waals surface area (Å²) in [4.78, 5) is 0. The molecular formula is C21H22F3N3OS. The minimum atomic E-state index is -4.35. The molecule has 0 fully saturated rings. The lowest BCUT2D eigenvalue weighted by Gasteiger charge is -2.15. The predicted molar refractivity (Wildman–Crippen MR) is 107 cm³/mol. The van der Waals surface area contributed by atoms with Crippen molar-refractivity contribution in [2.75, 3.05) is 0 Å². The van der Waals surface area contributed by atoms with E-state index in [-0.39, 0.29) is 6.10 Å². The van der Waals surface area contributed by atoms with Crippen LogP contribution in [-0.2, 0) is 19.0 Å². The quantitative estimate of drug-likeness (QED) is 0.466. The molecule has 2 aromatic carbocycles. The monoisotopic (exact) mass is 421 g/mol. The van der Waals surface area contributed by atoms with E-state index in [1.165, 1.54) is 17.8 Å². The molecule has 154 valence electrons. The predicted octanol–water partition coefficient (Wildman–Crippen LogP) is 5.88. The Hall–Kier alpha value is -2.48. The molecule has 1 heterocycles. The fourth-order valence-electron chi connectivity index (χ4n) is 3.05. The number of nitrogens with zero attached hydrogens (tertiary/aromatic N) is 3. The first kappa shape index (κ1) is 21.2. The number of aromatic nitrogens is 3. The van der Waals surface area contributed by atoms with E-state index in [0.717, 1.165) is 29.0 Å². The average Bonchev–Trinajstić information content (AvgIpc) is 2.99. The molecule has 0 aliphatic heterocycles. The number of ether oxygens (including phenoxy) is 1. The Labute approximate surface area is 172 Å². The minimum absolute atomic E-state index is 0.323. The van der Waals surface area contributed by atoms with Crippen LogP contribution in [0, 0.1) is 13.8 Å². The highest BCUT2D eigenvalue weighted by Gasteiger charge is 2.30. The Balaban J connectivity index is 1.69. The van der Waals surface area contributed by atoms with Gasteiger partial charge in [0.05, 0.1) is 5.56 Å². The van der Waals surface area contributed by atoms with Crippen LogP contribution in [0.25, 0.3) is 0 Å². The summed E-state index contributed by atoms with van der Waals surface area (Å²) in [6.07, 6.45) is -4.67. The zero-order valence-corrected chi connectivity index (χ0v) is 17.4. The maximum atomic E-state index is 12.9. The minimum Gasteiger partial charge on any atom is -0.483 e. The fourth-order valence-corrected chi connectivity index (χ4v) is 3.91. The van der Waals surface area contributed by atoms with Crippen LogP contribution in [0.15, 0.2) is 47.6 Å². The Morgan fingerprint density at radius 2 is 1.76 bits per heavy atom. The average molecular weight is 421 g/mol. The van der Waals surface area contributed by atoms with Crippen LogP contribution < -0.4 is 4.74 Å². The van der Waals surface area contributed by atoms with Crippen molar-refractivity contribution in [2.24, 2.45) is 7.05 Å². The first-order valence-corrected chi connectivity index (χ1v) is 10.0. The molecule has 0 bridgehead atoms. The molecule has 0 aliphatic carbocycles. The Morgan fingerprint density at radius 3 is 2.41 bits per heavy atom. The lowest BCUT2D eigenvalue weighted by Crippen LogP contribution is -2.10. The zero-order valence-electron chi connectivity index (χ0n) is 16.6. The number of hydrogen-bond acceptors (Lipinski definition) is 4. The first-order chi connectivity index (χ1) is 13.6. The lowest BCUT2D eigenvalue weighted by atomic mass is 10.1. The Bertz CT molecular complexity index is 981. The van der Waals surface area contributed by atoms with Crippen molar-refractivity contribution in [3.63, 3.8) is 0 Å². The standard InChI is InChI=1S/C21H22F3N3OS/c1-13-8-14(2)10-18(9-13)28-15(3)19-25-26-20(27(19)4)29-12-16-6-5-7-17(11-16)21(22,23)24/h5-11,15H,12H2,1-4H3. The van der Waals surface area contributed by atoms with Crippen molar-refractivity contribution in [1.82, 2.24) is 14.8 Å². The Morgan fingerprint density at radius 1 is 1.07 bits per heavy atom. The third-order valence-corrected chi connectivity index (χ3v) is 5.45. The van der Waals surface area contributed by atoms with Crippen LogP contribution in [0.1, 0.15) is 41.1 Å². The molecule has 3 rings (SSSR count). The van der Waals surface area contributed by atoms with E-state index < -0.39 is 11.7 Å². The summed E-state index contributed by atoms with van der Waals surface area (Å²) in [7, 11) is 1.82. The van der Waals surface area contributed by atoms with Gasteiger partial charge in [0.25, 0.3) is 0 Å². The smallest absolute Gasteiger partial charge is 0.416 e. The van der Waals surface area contributed by atoms with Gasteiger partial charge < -0.3 is 9.30 Å². The van der Waals surface area contributed by atoms with Crippen LogP contribution in [0.3, 0.4) is 0 Å². The number of benzene rings is 2. The number of halogens is 3. The van der Waals surface area contributed by atoms with Crippen molar-refractivity contribution < 1.29 is 17.9 Å². The summed E-state index contributed by atoms with van der Waals surface area (Å²) < 4.78 is 46.4. The van der Waals surface area contributed by atoms with Crippen LogP contribution in [-0.4, -0.2) is 14.8 Å². The van der Waals surface area contributed by atoms with Crippen LogP contribution >= 0.6 is 11.8 Å². The van der Waals surface area contributed by atoms with Gasteiger partial charge in [-0.25, -0.2) is 0 Å². The maximum absolute atomic E-state index is 12.9. The van der Waals surface area contributed by atoms with Gasteiger partial charge in [0, 0.05) is 12.8 Å². The van der Waals surface area contributed by atoms with Crippen LogP contribution in [0.4, 0.5) is 13.2 Å². The molecule has 0 saturated heterocycles. The number of thioether (sulfide) groups is 1. The molecule has 8 heteroatoms. The summed E-state index contributed by atoms with van der Waals surface area (Å²) in [5, 5.41) is 9.01. The topological polar surface area (TPSA) is 39.9 Å². The van der Waals surface area contributed by atoms with Crippen molar-refractivity contribution in [3.8, 4) is 5.75 Å². The third-order valence-electron chi connectivity index (χ3n) is 4.36. The van der Waals surface area contributed by atoms with E-state index in [1.807, 2.05) is 44.5 Å². The summed E-state index contributed by atoms with van der Waals surface area (Å²) in [5.41, 5.74) is 2.16. The molecule has 0 radical (unpaired) electrons. The SMILES string of the molecule is Cc1cc(C)cc(OC(C)c2nnc(SCc3cccc(C(F)(F)F)c3)n2C)c1. The molecular weight excluding hydrogens is 399 g/mol. The highest BCUT2D eigenvalue weighted by atomic mass is 32.2. The third kappa shape index (κ3) is 5.32. The van der Waals surface area contributed by atoms with E-state index in [1.54, 1.807) is 6.07 Å². The zero-order chi connectivity index (χ0) is 21.2. The molecule has 4 nitrogen and oxygen atoms in total. The van der Waals surface area contributed by atoms with Crippen molar-refractivity contribution in [3.05, 3.63) is 70.5 Å². The molecule has 1 unspecified atom stereocenters. The highest BCUT2D eigenvalue weighted by Crippen LogP contribution is 2.31. The molecule has 0 saturated carbocycles. The summed E-state index contributed by atoms with van der Waals surface area (Å²) in [6.45, 7) is 5.91. The number of alkyl halides is 3. The van der Waals surface area contributed by atoms with E-state index in [0.29, 0.717) is 22.3 Å². The van der Waals surface area contributed by atoms with E-state index in [2.05, 4.69) is 16.3 Å². The highest BCUT2D eigenvalue weighted by molar-refractivity contribution is 7.98. The van der Waals surface area contributed by atoms with Gasteiger partial charge in [-0.05, 0) is 55.7 Å². The van der Waals surface area contributed by atoms with E-state index in [4.69, 9.17) is 4.74 Å². The molecule has 0 spiro atoms. The van der Waals surface area contributed by atoms with E-state index in [9.17, 15) is 13.2 Å². The number of rotatable bonds is 6. The van der Waals surface area contributed by atoms with Gasteiger partial charge in [-0.1, -0.05) is 36.0 Å². The largest absolute Gasteiger partial charge is 0.483 e. The van der Waals surface area contributed by atoms with Crippen LogP contribution in [0.2, 0.25) is 0 Å². The van der Waals surface area contributed by atoms with Gasteiger partial charge in [-0.3, -0.25) is 0 Å². The lowest BCUT2D eigenvalue weighted by molar-refractivity contribution is -0.137. The van der Waals surface area contributed by atoms with Crippen molar-refractivity contribution in [1.29, 1.82) is 0 Å². The second-order valence-corrected chi connectivity index (χ2v) is 7.91. The van der Waals surface area contributed by atoms with Crippen LogP contribution in [0.5, 0.6) is 5.75 Å². The summed E-state index contributed by atoms with van der Waals surface area (Å²) in [6, 6.07) is 11.3. The fraction of sp³-hybridized carbons (Fsp3) is 0.333. The summed E-state index contributed by atoms with van der Waals surface area (Å²) >= 11 is 1.34. The number of aryl methyl sites for hydroxylation is 2. The first-order valence-electron chi connectivity index (χ1n) is 9.06.